The van der Waals surface area contributed by atoms with Crippen molar-refractivity contribution < 1.29 is 14.3 Å². The second kappa shape index (κ2) is 8.18. The number of ether oxygens (including phenoxy) is 1. The second-order valence-electron chi connectivity index (χ2n) is 9.05. The second-order valence-corrected chi connectivity index (χ2v) is 10.6. The van der Waals surface area contributed by atoms with Crippen LogP contribution in [0.25, 0.3) is 0 Å². The summed E-state index contributed by atoms with van der Waals surface area (Å²) < 4.78 is 5.43. The Morgan fingerprint density at radius 1 is 1.42 bits per heavy atom. The molecule has 162 valence electrons. The minimum absolute atomic E-state index is 0.132. The Hall–Kier alpha value is -2.56. The number of fused-ring (bicyclic) bond motifs is 2. The van der Waals surface area contributed by atoms with Crippen molar-refractivity contribution in [3.8, 4) is 11.8 Å². The molecule has 0 saturated carbocycles. The van der Waals surface area contributed by atoms with Gasteiger partial charge in [-0.3, -0.25) is 14.5 Å². The van der Waals surface area contributed by atoms with Crippen LogP contribution in [0.4, 0.5) is 10.7 Å². The molecule has 1 aromatic carbocycles. The average Bonchev–Trinajstić information content (AvgIpc) is 3.05. The van der Waals surface area contributed by atoms with Crippen molar-refractivity contribution in [2.45, 2.75) is 40.0 Å². The zero-order chi connectivity index (χ0) is 22.3. The van der Waals surface area contributed by atoms with E-state index in [0.717, 1.165) is 24.8 Å². The van der Waals surface area contributed by atoms with E-state index < -0.39 is 0 Å². The van der Waals surface area contributed by atoms with Crippen molar-refractivity contribution in [1.82, 2.24) is 0 Å². The molecule has 1 atom stereocenters. The summed E-state index contributed by atoms with van der Waals surface area (Å²) in [5.41, 5.74) is 2.28. The third kappa shape index (κ3) is 4.28. The lowest BCUT2D eigenvalue weighted by molar-refractivity contribution is -0.123. The van der Waals surface area contributed by atoms with E-state index in [4.69, 9.17) is 16.3 Å². The lowest BCUT2D eigenvalue weighted by Crippen LogP contribution is -2.43. The molecular weight excluding hydrogens is 434 g/mol. The van der Waals surface area contributed by atoms with Crippen molar-refractivity contribution >= 4 is 45.4 Å². The molecule has 2 heterocycles. The van der Waals surface area contributed by atoms with E-state index >= 15 is 0 Å². The summed E-state index contributed by atoms with van der Waals surface area (Å²) in [5, 5.41) is 13.6. The van der Waals surface area contributed by atoms with Gasteiger partial charge in [0.1, 0.15) is 23.4 Å². The van der Waals surface area contributed by atoms with Crippen LogP contribution >= 0.6 is 22.9 Å². The van der Waals surface area contributed by atoms with Crippen LogP contribution in [0, 0.1) is 22.7 Å². The number of hydrogen-bond donors (Lipinski definition) is 1. The maximum Gasteiger partial charge on any atom is 0.265 e. The van der Waals surface area contributed by atoms with Crippen LogP contribution in [-0.2, 0) is 22.4 Å². The van der Waals surface area contributed by atoms with Crippen LogP contribution < -0.4 is 15.0 Å². The van der Waals surface area contributed by atoms with E-state index in [1.807, 2.05) is 0 Å². The molecule has 2 aromatic rings. The Labute approximate surface area is 190 Å². The summed E-state index contributed by atoms with van der Waals surface area (Å²) in [5.74, 6) is 0.378. The molecule has 1 aromatic heterocycles. The number of thiophene rings is 1. The number of hydrogen-bond acceptors (Lipinski definition) is 5. The molecule has 0 bridgehead atoms. The van der Waals surface area contributed by atoms with Crippen LogP contribution in [-0.4, -0.2) is 25.0 Å². The Morgan fingerprint density at radius 2 is 2.19 bits per heavy atom. The van der Waals surface area contributed by atoms with Gasteiger partial charge in [-0.05, 0) is 54.4 Å². The van der Waals surface area contributed by atoms with E-state index in [1.54, 1.807) is 18.2 Å². The fourth-order valence-corrected chi connectivity index (χ4v) is 5.65. The highest BCUT2D eigenvalue weighted by Crippen LogP contribution is 2.44. The first-order valence-corrected chi connectivity index (χ1v) is 11.4. The largest absolute Gasteiger partial charge is 0.482 e. The number of anilines is 2. The molecule has 0 spiro atoms. The Morgan fingerprint density at radius 3 is 2.90 bits per heavy atom. The molecule has 6 nitrogen and oxygen atoms in total. The van der Waals surface area contributed by atoms with E-state index in [1.165, 1.54) is 21.1 Å². The van der Waals surface area contributed by atoms with Crippen LogP contribution in [0.3, 0.4) is 0 Å². The van der Waals surface area contributed by atoms with Gasteiger partial charge in [0.15, 0.2) is 6.61 Å². The third-order valence-corrected chi connectivity index (χ3v) is 7.43. The van der Waals surface area contributed by atoms with Gasteiger partial charge < -0.3 is 10.1 Å². The SMILES string of the molecule is CC(C)(C)[C@@H]1CCc2c(sc(NC(=O)CN3C(=O)COc4ccc(Cl)cc43)c2C#N)C1. The summed E-state index contributed by atoms with van der Waals surface area (Å²) in [7, 11) is 0. The minimum atomic E-state index is -0.358. The quantitative estimate of drug-likeness (QED) is 0.718. The lowest BCUT2D eigenvalue weighted by Gasteiger charge is -2.33. The molecule has 8 heteroatoms. The monoisotopic (exact) mass is 457 g/mol. The molecule has 0 radical (unpaired) electrons. The van der Waals surface area contributed by atoms with Crippen LogP contribution in [0.15, 0.2) is 18.2 Å². The van der Waals surface area contributed by atoms with Gasteiger partial charge in [0, 0.05) is 9.90 Å². The van der Waals surface area contributed by atoms with Crippen molar-refractivity contribution in [3.05, 3.63) is 39.2 Å². The predicted molar refractivity (Wildman–Crippen MR) is 122 cm³/mol. The summed E-state index contributed by atoms with van der Waals surface area (Å²) >= 11 is 7.55. The molecule has 1 N–H and O–H groups in total. The highest BCUT2D eigenvalue weighted by Gasteiger charge is 2.33. The van der Waals surface area contributed by atoms with Gasteiger partial charge in [0.2, 0.25) is 5.91 Å². The number of amides is 2. The number of carbonyl (C=O) groups excluding carboxylic acids is 2. The van der Waals surface area contributed by atoms with Crippen molar-refractivity contribution in [1.29, 1.82) is 5.26 Å². The first-order chi connectivity index (χ1) is 14.7. The molecule has 1 aliphatic heterocycles. The molecular formula is C23H24ClN3O3S. The van der Waals surface area contributed by atoms with Gasteiger partial charge in [-0.1, -0.05) is 32.4 Å². The van der Waals surface area contributed by atoms with Gasteiger partial charge in [0.25, 0.3) is 5.91 Å². The number of nitrogens with zero attached hydrogens (tertiary/aromatic N) is 2. The van der Waals surface area contributed by atoms with E-state index in [-0.39, 0.29) is 30.4 Å². The number of nitrogens with one attached hydrogen (secondary N) is 1. The smallest absolute Gasteiger partial charge is 0.265 e. The Balaban J connectivity index is 1.54. The first kappa shape index (κ1) is 21.7. The summed E-state index contributed by atoms with van der Waals surface area (Å²) in [6.07, 6.45) is 2.80. The van der Waals surface area contributed by atoms with Gasteiger partial charge in [0.05, 0.1) is 11.3 Å². The minimum Gasteiger partial charge on any atom is -0.482 e. The van der Waals surface area contributed by atoms with Crippen molar-refractivity contribution in [2.24, 2.45) is 11.3 Å². The van der Waals surface area contributed by atoms with Crippen LogP contribution in [0.5, 0.6) is 5.75 Å². The number of carbonyl (C=O) groups is 2. The van der Waals surface area contributed by atoms with Gasteiger partial charge in [-0.2, -0.15) is 5.26 Å². The lowest BCUT2D eigenvalue weighted by atomic mass is 9.72. The molecule has 2 aliphatic rings. The molecule has 0 fully saturated rings. The Kier molecular flexibility index (Phi) is 5.71. The fraction of sp³-hybridized carbons (Fsp3) is 0.435. The molecule has 1 aliphatic carbocycles. The molecule has 4 rings (SSSR count). The van der Waals surface area contributed by atoms with Crippen LogP contribution in [0.2, 0.25) is 5.02 Å². The molecule has 31 heavy (non-hydrogen) atoms. The highest BCUT2D eigenvalue weighted by molar-refractivity contribution is 7.16. The van der Waals surface area contributed by atoms with Crippen molar-refractivity contribution in [3.63, 3.8) is 0 Å². The predicted octanol–water partition coefficient (Wildman–Crippen LogP) is 4.79. The van der Waals surface area contributed by atoms with Gasteiger partial charge >= 0.3 is 0 Å². The average molecular weight is 458 g/mol. The third-order valence-electron chi connectivity index (χ3n) is 6.02. The van der Waals surface area contributed by atoms with Gasteiger partial charge in [-0.25, -0.2) is 0 Å². The maximum atomic E-state index is 12.8. The van der Waals surface area contributed by atoms with E-state index in [2.05, 4.69) is 32.2 Å². The normalized spacial score (nSPS) is 18.0. The number of nitriles is 1. The van der Waals surface area contributed by atoms with E-state index in [9.17, 15) is 14.9 Å². The van der Waals surface area contributed by atoms with Crippen LogP contribution in [0.1, 0.15) is 43.2 Å². The summed E-state index contributed by atoms with van der Waals surface area (Å²) in [6, 6.07) is 7.24. The maximum absolute atomic E-state index is 12.8. The standard InChI is InChI=1S/C23H24ClN3O3S/c1-23(2,3)13-4-6-15-16(10-25)22(31-19(15)8-13)26-20(28)11-27-17-9-14(24)5-7-18(17)30-12-21(27)29/h5,7,9,13H,4,6,8,11-12H2,1-3H3,(H,26,28)/t13-/m1/s1. The van der Waals surface area contributed by atoms with E-state index in [0.29, 0.717) is 32.9 Å². The zero-order valence-corrected chi connectivity index (χ0v) is 19.3. The fourth-order valence-electron chi connectivity index (χ4n) is 4.19. The summed E-state index contributed by atoms with van der Waals surface area (Å²) in [6.45, 7) is 6.43. The molecule has 2 amide bonds. The molecule has 0 saturated heterocycles. The zero-order valence-electron chi connectivity index (χ0n) is 17.8. The summed E-state index contributed by atoms with van der Waals surface area (Å²) in [4.78, 5) is 27.8. The number of benzene rings is 1. The Bertz CT molecular complexity index is 1100. The number of rotatable bonds is 3. The topological polar surface area (TPSA) is 82.4 Å². The highest BCUT2D eigenvalue weighted by atomic mass is 35.5. The van der Waals surface area contributed by atoms with Crippen molar-refractivity contribution in [2.75, 3.05) is 23.4 Å². The molecule has 0 unspecified atom stereocenters. The number of halogens is 1. The first-order valence-electron chi connectivity index (χ1n) is 10.2. The van der Waals surface area contributed by atoms with Gasteiger partial charge in [-0.15, -0.1) is 11.3 Å².